The second kappa shape index (κ2) is 6.63. The summed E-state index contributed by atoms with van der Waals surface area (Å²) in [5.41, 5.74) is 1.01. The Hall–Kier alpha value is -1.46. The molecule has 1 amide bonds. The Morgan fingerprint density at radius 3 is 2.58 bits per heavy atom. The highest BCUT2D eigenvalue weighted by molar-refractivity contribution is 5.72. The summed E-state index contributed by atoms with van der Waals surface area (Å²) in [5, 5.41) is 2.84. The average Bonchev–Trinajstić information content (AvgIpc) is 2.42. The van der Waals surface area contributed by atoms with Gasteiger partial charge in [-0.3, -0.25) is 9.69 Å². The van der Waals surface area contributed by atoms with Gasteiger partial charge in [-0.05, 0) is 17.7 Å². The summed E-state index contributed by atoms with van der Waals surface area (Å²) in [4.78, 5) is 13.4. The third kappa shape index (κ3) is 4.01. The number of nitrogens with zero attached hydrogens (tertiary/aromatic N) is 1. The van der Waals surface area contributed by atoms with Crippen molar-refractivity contribution in [3.8, 4) is 0 Å². The number of benzene rings is 1. The number of carbonyl (C=O) groups is 1. The fourth-order valence-corrected chi connectivity index (χ4v) is 2.27. The Morgan fingerprint density at radius 1 is 1.37 bits per heavy atom. The molecule has 1 aromatic carbocycles. The van der Waals surface area contributed by atoms with Gasteiger partial charge in [-0.2, -0.15) is 0 Å². The normalized spacial score (nSPS) is 18.0. The summed E-state index contributed by atoms with van der Waals surface area (Å²) < 4.78 is 18.3. The molecule has 1 N–H and O–H groups in total. The van der Waals surface area contributed by atoms with Crippen molar-refractivity contribution < 1.29 is 13.9 Å². The fraction of sp³-hybridized carbons (Fsp3) is 0.500. The van der Waals surface area contributed by atoms with Crippen LogP contribution in [0.4, 0.5) is 4.39 Å². The van der Waals surface area contributed by atoms with Gasteiger partial charge in [0.1, 0.15) is 5.82 Å². The van der Waals surface area contributed by atoms with Crippen LogP contribution in [-0.2, 0) is 9.53 Å². The molecule has 1 unspecified atom stereocenters. The van der Waals surface area contributed by atoms with Gasteiger partial charge >= 0.3 is 0 Å². The smallest absolute Gasteiger partial charge is 0.216 e. The van der Waals surface area contributed by atoms with Crippen LogP contribution < -0.4 is 5.32 Å². The quantitative estimate of drug-likeness (QED) is 0.894. The van der Waals surface area contributed by atoms with Crippen LogP contribution >= 0.6 is 0 Å². The Bertz CT molecular complexity index is 416. The van der Waals surface area contributed by atoms with Crippen molar-refractivity contribution in [1.82, 2.24) is 10.2 Å². The Morgan fingerprint density at radius 2 is 2.00 bits per heavy atom. The Kier molecular flexibility index (Phi) is 4.87. The zero-order valence-corrected chi connectivity index (χ0v) is 11.1. The van der Waals surface area contributed by atoms with Crippen molar-refractivity contribution in [2.45, 2.75) is 13.0 Å². The molecular weight excluding hydrogens is 247 g/mol. The van der Waals surface area contributed by atoms with E-state index in [1.54, 1.807) is 12.1 Å². The van der Waals surface area contributed by atoms with Gasteiger partial charge in [-0.1, -0.05) is 12.1 Å². The maximum absolute atomic E-state index is 13.0. The molecule has 0 spiro atoms. The molecule has 1 heterocycles. The van der Waals surface area contributed by atoms with Gasteiger partial charge in [0, 0.05) is 26.6 Å². The van der Waals surface area contributed by atoms with Gasteiger partial charge in [0.25, 0.3) is 0 Å². The van der Waals surface area contributed by atoms with E-state index in [2.05, 4.69) is 10.2 Å². The fourth-order valence-electron chi connectivity index (χ4n) is 2.27. The number of nitrogens with one attached hydrogen (secondary N) is 1. The number of halogens is 1. The van der Waals surface area contributed by atoms with Crippen LogP contribution in [-0.4, -0.2) is 43.7 Å². The van der Waals surface area contributed by atoms with E-state index in [0.717, 1.165) is 18.7 Å². The minimum absolute atomic E-state index is 0.0552. The SMILES string of the molecule is CC(=O)NCC(c1ccc(F)cc1)N1CCOCC1. The van der Waals surface area contributed by atoms with Gasteiger partial charge in [0.15, 0.2) is 0 Å². The molecule has 1 fully saturated rings. The highest BCUT2D eigenvalue weighted by Gasteiger charge is 2.22. The molecule has 0 aliphatic carbocycles. The van der Waals surface area contributed by atoms with E-state index in [4.69, 9.17) is 4.74 Å². The number of carbonyl (C=O) groups excluding carboxylic acids is 1. The van der Waals surface area contributed by atoms with Crippen molar-refractivity contribution in [3.63, 3.8) is 0 Å². The second-order valence-corrected chi connectivity index (χ2v) is 4.65. The van der Waals surface area contributed by atoms with Gasteiger partial charge in [-0.25, -0.2) is 4.39 Å². The van der Waals surface area contributed by atoms with E-state index < -0.39 is 0 Å². The lowest BCUT2D eigenvalue weighted by atomic mass is 10.0. The highest BCUT2D eigenvalue weighted by Crippen LogP contribution is 2.21. The maximum atomic E-state index is 13.0. The molecule has 104 valence electrons. The predicted molar refractivity (Wildman–Crippen MR) is 70.2 cm³/mol. The zero-order chi connectivity index (χ0) is 13.7. The summed E-state index contributed by atoms with van der Waals surface area (Å²) in [6.07, 6.45) is 0. The summed E-state index contributed by atoms with van der Waals surface area (Å²) in [6, 6.07) is 6.52. The number of hydrogen-bond donors (Lipinski definition) is 1. The number of morpholine rings is 1. The van der Waals surface area contributed by atoms with Crippen molar-refractivity contribution in [3.05, 3.63) is 35.6 Å². The molecule has 19 heavy (non-hydrogen) atoms. The second-order valence-electron chi connectivity index (χ2n) is 4.65. The molecule has 0 bridgehead atoms. The summed E-state index contributed by atoms with van der Waals surface area (Å²) >= 11 is 0. The van der Waals surface area contributed by atoms with Crippen LogP contribution in [0.5, 0.6) is 0 Å². The van der Waals surface area contributed by atoms with Crippen LogP contribution in [0.1, 0.15) is 18.5 Å². The summed E-state index contributed by atoms with van der Waals surface area (Å²) in [5.74, 6) is -0.302. The molecule has 1 atom stereocenters. The third-order valence-corrected chi connectivity index (χ3v) is 3.29. The highest BCUT2D eigenvalue weighted by atomic mass is 19.1. The van der Waals surface area contributed by atoms with Gasteiger partial charge in [0.05, 0.1) is 19.3 Å². The van der Waals surface area contributed by atoms with E-state index in [0.29, 0.717) is 19.8 Å². The van der Waals surface area contributed by atoms with E-state index in [9.17, 15) is 9.18 Å². The molecule has 5 heteroatoms. The summed E-state index contributed by atoms with van der Waals surface area (Å²) in [7, 11) is 0. The van der Waals surface area contributed by atoms with Crippen molar-refractivity contribution in [1.29, 1.82) is 0 Å². The molecule has 0 radical (unpaired) electrons. The van der Waals surface area contributed by atoms with E-state index in [1.807, 2.05) is 0 Å². The van der Waals surface area contributed by atoms with Crippen LogP contribution in [0.15, 0.2) is 24.3 Å². The first-order chi connectivity index (χ1) is 9.16. The lowest BCUT2D eigenvalue weighted by molar-refractivity contribution is -0.119. The van der Waals surface area contributed by atoms with Gasteiger partial charge < -0.3 is 10.1 Å². The first-order valence-electron chi connectivity index (χ1n) is 6.48. The molecule has 1 aromatic rings. The number of rotatable bonds is 4. The predicted octanol–water partition coefficient (Wildman–Crippen LogP) is 1.34. The summed E-state index contributed by atoms with van der Waals surface area (Å²) in [6.45, 7) is 5.06. The molecular formula is C14H19FN2O2. The van der Waals surface area contributed by atoms with Crippen LogP contribution in [0.25, 0.3) is 0 Å². The molecule has 2 rings (SSSR count). The topological polar surface area (TPSA) is 41.6 Å². The van der Waals surface area contributed by atoms with Crippen LogP contribution in [0.3, 0.4) is 0 Å². The third-order valence-electron chi connectivity index (χ3n) is 3.29. The first-order valence-corrected chi connectivity index (χ1v) is 6.48. The standard InChI is InChI=1S/C14H19FN2O2/c1-11(18)16-10-14(17-6-8-19-9-7-17)12-2-4-13(15)5-3-12/h2-5,14H,6-10H2,1H3,(H,16,18). The van der Waals surface area contributed by atoms with Gasteiger partial charge in [-0.15, -0.1) is 0 Å². The van der Waals surface area contributed by atoms with Crippen LogP contribution in [0, 0.1) is 5.82 Å². The lowest BCUT2D eigenvalue weighted by Gasteiger charge is -2.34. The zero-order valence-electron chi connectivity index (χ0n) is 11.1. The van der Waals surface area contributed by atoms with Crippen molar-refractivity contribution in [2.24, 2.45) is 0 Å². The largest absolute Gasteiger partial charge is 0.379 e. The number of ether oxygens (including phenoxy) is 1. The van der Waals surface area contributed by atoms with Crippen molar-refractivity contribution >= 4 is 5.91 Å². The minimum atomic E-state index is -0.246. The molecule has 0 saturated carbocycles. The van der Waals surface area contributed by atoms with E-state index in [-0.39, 0.29) is 17.8 Å². The average molecular weight is 266 g/mol. The van der Waals surface area contributed by atoms with E-state index >= 15 is 0 Å². The minimum Gasteiger partial charge on any atom is -0.379 e. The molecule has 1 aliphatic rings. The van der Waals surface area contributed by atoms with Crippen molar-refractivity contribution in [2.75, 3.05) is 32.8 Å². The number of hydrogen-bond acceptors (Lipinski definition) is 3. The molecule has 0 aromatic heterocycles. The first kappa shape index (κ1) is 14.0. The maximum Gasteiger partial charge on any atom is 0.216 e. The Balaban J connectivity index is 2.12. The van der Waals surface area contributed by atoms with Crippen LogP contribution in [0.2, 0.25) is 0 Å². The monoisotopic (exact) mass is 266 g/mol. The molecule has 1 saturated heterocycles. The molecule has 4 nitrogen and oxygen atoms in total. The van der Waals surface area contributed by atoms with Gasteiger partial charge in [0.2, 0.25) is 5.91 Å². The lowest BCUT2D eigenvalue weighted by Crippen LogP contribution is -2.43. The van der Waals surface area contributed by atoms with E-state index in [1.165, 1.54) is 19.1 Å². The number of amides is 1. The molecule has 1 aliphatic heterocycles. The Labute approximate surface area is 112 Å².